The molecule has 5 heteroatoms. The predicted molar refractivity (Wildman–Crippen MR) is 109 cm³/mol. The highest BCUT2D eigenvalue weighted by Gasteiger charge is 2.25. The van der Waals surface area contributed by atoms with Crippen LogP contribution < -0.4 is 10.1 Å². The number of H-pyrrole nitrogens is 1. The number of amides is 1. The van der Waals surface area contributed by atoms with Gasteiger partial charge in [-0.15, -0.1) is 0 Å². The van der Waals surface area contributed by atoms with Crippen molar-refractivity contribution in [3.05, 3.63) is 71.4 Å². The molecule has 5 nitrogen and oxygen atoms in total. The molecule has 1 aliphatic rings. The van der Waals surface area contributed by atoms with Crippen molar-refractivity contribution in [1.29, 1.82) is 0 Å². The van der Waals surface area contributed by atoms with Crippen LogP contribution in [0.2, 0.25) is 0 Å². The number of carbonyl (C=O) groups is 2. The number of ketones is 1. The fraction of sp³-hybridized carbons (Fsp3) is 0.217. The van der Waals surface area contributed by atoms with Crippen LogP contribution in [-0.2, 0) is 16.1 Å². The van der Waals surface area contributed by atoms with Crippen LogP contribution in [0, 0.1) is 0 Å². The molecule has 0 saturated carbocycles. The van der Waals surface area contributed by atoms with Crippen LogP contribution in [0.5, 0.6) is 5.75 Å². The van der Waals surface area contributed by atoms with Crippen LogP contribution in [0.3, 0.4) is 0 Å². The highest BCUT2D eigenvalue weighted by Crippen LogP contribution is 2.33. The third-order valence-corrected chi connectivity index (χ3v) is 5.12. The molecule has 142 valence electrons. The number of Topliss-reactive ketones (excluding diaryl/α,β-unsaturated/α-hetero) is 1. The monoisotopic (exact) mass is 374 g/mol. The fourth-order valence-corrected chi connectivity index (χ4v) is 3.68. The summed E-state index contributed by atoms with van der Waals surface area (Å²) in [5.74, 6) is 0.726. The molecule has 0 fully saturated rings. The van der Waals surface area contributed by atoms with Gasteiger partial charge in [-0.3, -0.25) is 9.59 Å². The molecule has 1 aromatic heterocycles. The summed E-state index contributed by atoms with van der Waals surface area (Å²) >= 11 is 0. The molecule has 1 heterocycles. The lowest BCUT2D eigenvalue weighted by Gasteiger charge is -2.08. The average Bonchev–Trinajstić information content (AvgIpc) is 3.29. The molecule has 4 rings (SSSR count). The largest absolute Gasteiger partial charge is 0.497 e. The standard InChI is InChI=1S/C23H22N2O3/c1-28-18-7-9-21-16(12-18)11-17(25-21)14-24-23(27)13-20-19(8-10-22(20)26)15-5-3-2-4-6-15/h2-7,9,11-12,25H,8,10,13-14H2,1H3,(H,24,27). The van der Waals surface area contributed by atoms with E-state index in [-0.39, 0.29) is 18.1 Å². The van der Waals surface area contributed by atoms with Gasteiger partial charge in [0, 0.05) is 28.6 Å². The van der Waals surface area contributed by atoms with Gasteiger partial charge < -0.3 is 15.0 Å². The second kappa shape index (κ2) is 7.72. The van der Waals surface area contributed by atoms with Crippen molar-refractivity contribution in [2.45, 2.75) is 25.8 Å². The summed E-state index contributed by atoms with van der Waals surface area (Å²) in [4.78, 5) is 28.1. The van der Waals surface area contributed by atoms with Gasteiger partial charge in [0.25, 0.3) is 0 Å². The lowest BCUT2D eigenvalue weighted by Crippen LogP contribution is -2.24. The molecule has 3 aromatic rings. The molecule has 0 bridgehead atoms. The Balaban J connectivity index is 1.44. The zero-order chi connectivity index (χ0) is 19.5. The number of benzene rings is 2. The first-order valence-electron chi connectivity index (χ1n) is 9.37. The van der Waals surface area contributed by atoms with Crippen molar-refractivity contribution < 1.29 is 14.3 Å². The Morgan fingerprint density at radius 3 is 2.71 bits per heavy atom. The van der Waals surface area contributed by atoms with Crippen molar-refractivity contribution in [3.8, 4) is 5.75 Å². The van der Waals surface area contributed by atoms with E-state index in [1.165, 1.54) is 0 Å². The number of methoxy groups -OCH3 is 1. The topological polar surface area (TPSA) is 71.2 Å². The number of hydrogen-bond donors (Lipinski definition) is 2. The SMILES string of the molecule is COc1ccc2[nH]c(CNC(=O)CC3=C(c4ccccc4)CCC3=O)cc2c1. The number of rotatable bonds is 6. The van der Waals surface area contributed by atoms with E-state index in [0.717, 1.165) is 33.5 Å². The van der Waals surface area contributed by atoms with E-state index >= 15 is 0 Å². The summed E-state index contributed by atoms with van der Waals surface area (Å²) in [6, 6.07) is 17.6. The number of carbonyl (C=O) groups excluding carboxylic acids is 2. The van der Waals surface area contributed by atoms with Crippen molar-refractivity contribution in [1.82, 2.24) is 10.3 Å². The van der Waals surface area contributed by atoms with Gasteiger partial charge in [0.1, 0.15) is 5.75 Å². The van der Waals surface area contributed by atoms with E-state index in [0.29, 0.717) is 25.0 Å². The van der Waals surface area contributed by atoms with Crippen molar-refractivity contribution in [2.24, 2.45) is 0 Å². The maximum Gasteiger partial charge on any atom is 0.224 e. The molecule has 0 radical (unpaired) electrons. The predicted octanol–water partition coefficient (Wildman–Crippen LogP) is 4.00. The molecule has 2 N–H and O–H groups in total. The second-order valence-corrected chi connectivity index (χ2v) is 6.95. The van der Waals surface area contributed by atoms with Crippen LogP contribution in [-0.4, -0.2) is 23.8 Å². The van der Waals surface area contributed by atoms with Gasteiger partial charge >= 0.3 is 0 Å². The van der Waals surface area contributed by atoms with Crippen LogP contribution in [0.4, 0.5) is 0 Å². The zero-order valence-corrected chi connectivity index (χ0v) is 15.7. The molecule has 1 aliphatic carbocycles. The maximum atomic E-state index is 12.5. The third kappa shape index (κ3) is 3.69. The summed E-state index contributed by atoms with van der Waals surface area (Å²) < 4.78 is 5.24. The van der Waals surface area contributed by atoms with Gasteiger partial charge in [0.05, 0.1) is 20.1 Å². The van der Waals surface area contributed by atoms with Crippen molar-refractivity contribution in [2.75, 3.05) is 7.11 Å². The smallest absolute Gasteiger partial charge is 0.224 e. The summed E-state index contributed by atoms with van der Waals surface area (Å²) in [6.07, 6.45) is 1.31. The molecule has 0 atom stereocenters. The quantitative estimate of drug-likeness (QED) is 0.685. The minimum Gasteiger partial charge on any atom is -0.497 e. The van der Waals surface area contributed by atoms with Crippen LogP contribution >= 0.6 is 0 Å². The number of nitrogens with one attached hydrogen (secondary N) is 2. The van der Waals surface area contributed by atoms with Gasteiger partial charge in [-0.05, 0) is 41.8 Å². The van der Waals surface area contributed by atoms with Crippen molar-refractivity contribution in [3.63, 3.8) is 0 Å². The van der Waals surface area contributed by atoms with Crippen LogP contribution in [0.25, 0.3) is 16.5 Å². The molecule has 1 amide bonds. The third-order valence-electron chi connectivity index (χ3n) is 5.12. The first-order chi connectivity index (χ1) is 13.6. The molecule has 2 aromatic carbocycles. The zero-order valence-electron chi connectivity index (χ0n) is 15.7. The highest BCUT2D eigenvalue weighted by atomic mass is 16.5. The van der Waals surface area contributed by atoms with E-state index in [4.69, 9.17) is 4.74 Å². The number of allylic oxidation sites excluding steroid dienone is 1. The molecule has 28 heavy (non-hydrogen) atoms. The summed E-state index contributed by atoms with van der Waals surface area (Å²) in [5.41, 5.74) is 4.57. The normalized spacial score (nSPS) is 14.0. The van der Waals surface area contributed by atoms with Gasteiger partial charge in [0.2, 0.25) is 5.91 Å². The Morgan fingerprint density at radius 1 is 1.11 bits per heavy atom. The number of aromatic nitrogens is 1. The molecule has 0 aliphatic heterocycles. The average molecular weight is 374 g/mol. The van der Waals surface area contributed by atoms with Gasteiger partial charge in [0.15, 0.2) is 5.78 Å². The fourth-order valence-electron chi connectivity index (χ4n) is 3.68. The van der Waals surface area contributed by atoms with Crippen LogP contribution in [0.1, 0.15) is 30.5 Å². The highest BCUT2D eigenvalue weighted by molar-refractivity contribution is 6.10. The summed E-state index contributed by atoms with van der Waals surface area (Å²) in [5, 5.41) is 3.95. The van der Waals surface area contributed by atoms with E-state index < -0.39 is 0 Å². The Labute approximate surface area is 163 Å². The minimum atomic E-state index is -0.144. The van der Waals surface area contributed by atoms with Crippen molar-refractivity contribution >= 4 is 28.2 Å². The lowest BCUT2D eigenvalue weighted by molar-refractivity contribution is -0.122. The number of ether oxygens (including phenoxy) is 1. The van der Waals surface area contributed by atoms with Crippen LogP contribution in [0.15, 0.2) is 60.2 Å². The first kappa shape index (κ1) is 18.0. The van der Waals surface area contributed by atoms with E-state index in [9.17, 15) is 9.59 Å². The summed E-state index contributed by atoms with van der Waals surface area (Å²) in [7, 11) is 1.64. The first-order valence-corrected chi connectivity index (χ1v) is 9.37. The Hall–Kier alpha value is -3.34. The molecular formula is C23H22N2O3. The van der Waals surface area contributed by atoms with E-state index in [2.05, 4.69) is 10.3 Å². The minimum absolute atomic E-state index is 0.0757. The lowest BCUT2D eigenvalue weighted by atomic mass is 10.00. The number of aromatic amines is 1. The molecule has 0 unspecified atom stereocenters. The summed E-state index contributed by atoms with van der Waals surface area (Å²) in [6.45, 7) is 0.387. The Morgan fingerprint density at radius 2 is 1.93 bits per heavy atom. The molecule has 0 saturated heterocycles. The van der Waals surface area contributed by atoms with Gasteiger partial charge in [-0.25, -0.2) is 0 Å². The molecule has 0 spiro atoms. The van der Waals surface area contributed by atoms with E-state index in [1.807, 2.05) is 54.6 Å². The molecular weight excluding hydrogens is 352 g/mol. The van der Waals surface area contributed by atoms with Gasteiger partial charge in [-0.2, -0.15) is 0 Å². The Bertz CT molecular complexity index is 1060. The van der Waals surface area contributed by atoms with Gasteiger partial charge in [-0.1, -0.05) is 30.3 Å². The number of fused-ring (bicyclic) bond motifs is 1. The maximum absolute atomic E-state index is 12.5. The number of hydrogen-bond acceptors (Lipinski definition) is 3. The Kier molecular flexibility index (Phi) is 4.98. The second-order valence-electron chi connectivity index (χ2n) is 6.95. The van der Waals surface area contributed by atoms with E-state index in [1.54, 1.807) is 7.11 Å².